The Labute approximate surface area is 125 Å². The van der Waals surface area contributed by atoms with E-state index in [4.69, 9.17) is 9.84 Å². The summed E-state index contributed by atoms with van der Waals surface area (Å²) in [5, 5.41) is 9.36. The van der Waals surface area contributed by atoms with Gasteiger partial charge in [0.2, 0.25) is 0 Å². The number of carbonyl (C=O) groups is 3. The van der Waals surface area contributed by atoms with Crippen LogP contribution in [-0.2, 0) is 16.0 Å². The van der Waals surface area contributed by atoms with Crippen LogP contribution in [0.15, 0.2) is 18.2 Å². The SMILES string of the molecule is CCOC(=O)c1c(CC(=O)O)cccc1C(=O)CCBr. The minimum atomic E-state index is -1.07. The number of halogens is 1. The van der Waals surface area contributed by atoms with Crippen LogP contribution in [0, 0.1) is 0 Å². The van der Waals surface area contributed by atoms with Crippen LogP contribution in [0.2, 0.25) is 0 Å². The highest BCUT2D eigenvalue weighted by molar-refractivity contribution is 9.09. The maximum Gasteiger partial charge on any atom is 0.339 e. The lowest BCUT2D eigenvalue weighted by Gasteiger charge is -2.12. The van der Waals surface area contributed by atoms with Crippen molar-refractivity contribution in [1.29, 1.82) is 0 Å². The van der Waals surface area contributed by atoms with Crippen LogP contribution in [0.4, 0.5) is 0 Å². The molecule has 0 saturated carbocycles. The number of alkyl halides is 1. The number of ether oxygens (including phenoxy) is 1. The molecule has 0 fully saturated rings. The molecular formula is C14H15BrO5. The van der Waals surface area contributed by atoms with Gasteiger partial charge < -0.3 is 9.84 Å². The standard InChI is InChI=1S/C14H15BrO5/c1-2-20-14(19)13-9(8-12(17)18)4-3-5-10(13)11(16)6-7-15/h3-5H,2,6-8H2,1H3,(H,17,18). The van der Waals surface area contributed by atoms with Crippen molar-refractivity contribution in [2.24, 2.45) is 0 Å². The van der Waals surface area contributed by atoms with Gasteiger partial charge >= 0.3 is 11.9 Å². The Morgan fingerprint density at radius 1 is 1.30 bits per heavy atom. The molecule has 1 rings (SSSR count). The molecule has 1 aromatic rings. The van der Waals surface area contributed by atoms with E-state index in [1.54, 1.807) is 13.0 Å². The number of rotatable bonds is 7. The van der Waals surface area contributed by atoms with E-state index in [9.17, 15) is 14.4 Å². The second-order valence-electron chi connectivity index (χ2n) is 3.99. The van der Waals surface area contributed by atoms with Gasteiger partial charge in [0, 0.05) is 17.3 Å². The topological polar surface area (TPSA) is 80.7 Å². The molecule has 6 heteroatoms. The van der Waals surface area contributed by atoms with Gasteiger partial charge in [-0.1, -0.05) is 34.1 Å². The van der Waals surface area contributed by atoms with Crippen molar-refractivity contribution in [3.63, 3.8) is 0 Å². The van der Waals surface area contributed by atoms with Crippen molar-refractivity contribution in [2.45, 2.75) is 19.8 Å². The number of carbonyl (C=O) groups excluding carboxylic acids is 2. The summed E-state index contributed by atoms with van der Waals surface area (Å²) in [6.45, 7) is 1.81. The molecule has 0 radical (unpaired) electrons. The van der Waals surface area contributed by atoms with Crippen LogP contribution < -0.4 is 0 Å². The van der Waals surface area contributed by atoms with Gasteiger partial charge in [-0.05, 0) is 12.5 Å². The fourth-order valence-corrected chi connectivity index (χ4v) is 2.17. The van der Waals surface area contributed by atoms with Crippen molar-refractivity contribution >= 4 is 33.7 Å². The lowest BCUT2D eigenvalue weighted by molar-refractivity contribution is -0.136. The molecule has 0 bridgehead atoms. The molecule has 0 heterocycles. The average molecular weight is 343 g/mol. The van der Waals surface area contributed by atoms with Crippen LogP contribution >= 0.6 is 15.9 Å². The van der Waals surface area contributed by atoms with Crippen LogP contribution in [0.3, 0.4) is 0 Å². The van der Waals surface area contributed by atoms with Gasteiger partial charge in [0.25, 0.3) is 0 Å². The summed E-state index contributed by atoms with van der Waals surface area (Å²) in [4.78, 5) is 34.9. The zero-order valence-electron chi connectivity index (χ0n) is 11.0. The van der Waals surface area contributed by atoms with Crippen LogP contribution in [-0.4, -0.2) is 34.8 Å². The first-order valence-electron chi connectivity index (χ1n) is 6.11. The number of carboxylic acids is 1. The third-order valence-electron chi connectivity index (χ3n) is 2.59. The van der Waals surface area contributed by atoms with Crippen molar-refractivity contribution in [3.05, 3.63) is 34.9 Å². The first-order valence-corrected chi connectivity index (χ1v) is 7.23. The van der Waals surface area contributed by atoms with Crippen molar-refractivity contribution in [3.8, 4) is 0 Å². The highest BCUT2D eigenvalue weighted by Gasteiger charge is 2.22. The summed E-state index contributed by atoms with van der Waals surface area (Å²) in [6, 6.07) is 4.61. The minimum Gasteiger partial charge on any atom is -0.481 e. The van der Waals surface area contributed by atoms with E-state index in [0.717, 1.165) is 0 Å². The highest BCUT2D eigenvalue weighted by Crippen LogP contribution is 2.19. The summed E-state index contributed by atoms with van der Waals surface area (Å²) < 4.78 is 4.92. The van der Waals surface area contributed by atoms with Crippen LogP contribution in [0.5, 0.6) is 0 Å². The largest absolute Gasteiger partial charge is 0.481 e. The molecule has 108 valence electrons. The van der Waals surface area contributed by atoms with E-state index in [1.165, 1.54) is 12.1 Å². The highest BCUT2D eigenvalue weighted by atomic mass is 79.9. The van der Waals surface area contributed by atoms with Crippen molar-refractivity contribution in [1.82, 2.24) is 0 Å². The van der Waals surface area contributed by atoms with Gasteiger partial charge in [-0.3, -0.25) is 9.59 Å². The monoisotopic (exact) mass is 342 g/mol. The van der Waals surface area contributed by atoms with Gasteiger partial charge in [-0.25, -0.2) is 4.79 Å². The summed E-state index contributed by atoms with van der Waals surface area (Å²) in [5.74, 6) is -1.96. The maximum atomic E-state index is 12.0. The zero-order valence-corrected chi connectivity index (χ0v) is 12.6. The normalized spacial score (nSPS) is 10.1. The third kappa shape index (κ3) is 4.16. The molecular weight excluding hydrogens is 328 g/mol. The predicted octanol–water partition coefficient (Wildman–Crippen LogP) is 2.46. The third-order valence-corrected chi connectivity index (χ3v) is 2.99. The second-order valence-corrected chi connectivity index (χ2v) is 4.79. The lowest BCUT2D eigenvalue weighted by Crippen LogP contribution is -2.16. The molecule has 0 atom stereocenters. The van der Waals surface area contributed by atoms with Crippen molar-refractivity contribution < 1.29 is 24.2 Å². The first kappa shape index (κ1) is 16.4. The number of aliphatic carboxylic acids is 1. The predicted molar refractivity (Wildman–Crippen MR) is 76.5 cm³/mol. The quantitative estimate of drug-likeness (QED) is 0.467. The van der Waals surface area contributed by atoms with Crippen molar-refractivity contribution in [2.75, 3.05) is 11.9 Å². The molecule has 20 heavy (non-hydrogen) atoms. The Hall–Kier alpha value is -1.69. The molecule has 0 aliphatic rings. The van der Waals surface area contributed by atoms with Crippen LogP contribution in [0.1, 0.15) is 39.6 Å². The number of benzene rings is 1. The Bertz CT molecular complexity index is 524. The Kier molecular flexibility index (Phi) is 6.38. The summed E-state index contributed by atoms with van der Waals surface area (Å²) in [7, 11) is 0. The summed E-state index contributed by atoms with van der Waals surface area (Å²) >= 11 is 3.17. The number of hydrogen-bond donors (Lipinski definition) is 1. The van der Waals surface area contributed by atoms with Gasteiger partial charge in [0.15, 0.2) is 5.78 Å². The summed E-state index contributed by atoms with van der Waals surface area (Å²) in [5.41, 5.74) is 0.556. The Morgan fingerprint density at radius 3 is 2.55 bits per heavy atom. The average Bonchev–Trinajstić information content (AvgIpc) is 2.38. The number of ketones is 1. The van der Waals surface area contributed by atoms with E-state index in [0.29, 0.717) is 5.33 Å². The number of esters is 1. The van der Waals surface area contributed by atoms with E-state index < -0.39 is 11.9 Å². The molecule has 0 aliphatic carbocycles. The molecule has 0 aliphatic heterocycles. The number of Topliss-reactive ketones (excluding diaryl/α,β-unsaturated/α-hetero) is 1. The molecule has 1 aromatic carbocycles. The van der Waals surface area contributed by atoms with Gasteiger partial charge in [0.1, 0.15) is 0 Å². The van der Waals surface area contributed by atoms with Gasteiger partial charge in [-0.2, -0.15) is 0 Å². The fourth-order valence-electron chi connectivity index (χ4n) is 1.81. The molecule has 0 aromatic heterocycles. The van der Waals surface area contributed by atoms with Crippen LogP contribution in [0.25, 0.3) is 0 Å². The first-order chi connectivity index (χ1) is 9.51. The summed E-state index contributed by atoms with van der Waals surface area (Å²) in [6.07, 6.45) is -0.105. The van der Waals surface area contributed by atoms with Gasteiger partial charge in [-0.15, -0.1) is 0 Å². The molecule has 0 amide bonds. The molecule has 0 spiro atoms. The van der Waals surface area contributed by atoms with E-state index in [1.807, 2.05) is 0 Å². The minimum absolute atomic E-state index is 0.0581. The van der Waals surface area contributed by atoms with Gasteiger partial charge in [0.05, 0.1) is 18.6 Å². The van der Waals surface area contributed by atoms with E-state index in [-0.39, 0.29) is 41.9 Å². The number of carboxylic acid groups (broad SMARTS) is 1. The second kappa shape index (κ2) is 7.79. The Morgan fingerprint density at radius 2 is 2.00 bits per heavy atom. The zero-order chi connectivity index (χ0) is 15.1. The van der Waals surface area contributed by atoms with E-state index in [2.05, 4.69) is 15.9 Å². The smallest absolute Gasteiger partial charge is 0.339 e. The lowest BCUT2D eigenvalue weighted by atomic mass is 9.95. The van der Waals surface area contributed by atoms with E-state index >= 15 is 0 Å². The molecule has 1 N–H and O–H groups in total. The number of hydrogen-bond acceptors (Lipinski definition) is 4. The molecule has 5 nitrogen and oxygen atoms in total. The molecule has 0 saturated heterocycles. The fraction of sp³-hybridized carbons (Fsp3) is 0.357. The molecule has 0 unspecified atom stereocenters. The Balaban J connectivity index is 3.31. The maximum absolute atomic E-state index is 12.0.